The Kier molecular flexibility index (Phi) is 6.52. The number of carbonyl (C=O) groups is 1. The van der Waals surface area contributed by atoms with E-state index in [4.69, 9.17) is 0 Å². The molecule has 1 aliphatic carbocycles. The standard InChI is InChI=1S/C13H26N2O2/c1-3-14-9-10(2)13(17)15-11-7-5-4-6-8-12(11)16/h10-12,14,16H,3-9H2,1-2H3,(H,15,17). The minimum Gasteiger partial charge on any atom is -0.391 e. The summed E-state index contributed by atoms with van der Waals surface area (Å²) >= 11 is 0. The van der Waals surface area contributed by atoms with Gasteiger partial charge in [-0.1, -0.05) is 33.1 Å². The highest BCUT2D eigenvalue weighted by Gasteiger charge is 2.24. The molecule has 3 atom stereocenters. The fourth-order valence-electron chi connectivity index (χ4n) is 2.23. The summed E-state index contributed by atoms with van der Waals surface area (Å²) in [6, 6.07) is -0.0472. The Balaban J connectivity index is 2.37. The van der Waals surface area contributed by atoms with E-state index in [0.717, 1.165) is 38.6 Å². The highest BCUT2D eigenvalue weighted by atomic mass is 16.3. The molecular weight excluding hydrogens is 216 g/mol. The molecule has 1 rings (SSSR count). The van der Waals surface area contributed by atoms with Crippen LogP contribution in [0.1, 0.15) is 46.0 Å². The third kappa shape index (κ3) is 5.04. The summed E-state index contributed by atoms with van der Waals surface area (Å²) in [4.78, 5) is 11.9. The Morgan fingerprint density at radius 2 is 2.06 bits per heavy atom. The molecule has 3 N–H and O–H groups in total. The second-order valence-electron chi connectivity index (χ2n) is 5.03. The van der Waals surface area contributed by atoms with Gasteiger partial charge >= 0.3 is 0 Å². The molecule has 1 aliphatic rings. The minimum absolute atomic E-state index is 0.0367. The Bertz CT molecular complexity index is 233. The van der Waals surface area contributed by atoms with Crippen LogP contribution in [0.3, 0.4) is 0 Å². The predicted molar refractivity (Wildman–Crippen MR) is 68.7 cm³/mol. The van der Waals surface area contributed by atoms with Gasteiger partial charge in [-0.15, -0.1) is 0 Å². The summed E-state index contributed by atoms with van der Waals surface area (Å²) in [5.41, 5.74) is 0. The number of hydrogen-bond donors (Lipinski definition) is 3. The van der Waals surface area contributed by atoms with Crippen LogP contribution in [-0.2, 0) is 4.79 Å². The SMILES string of the molecule is CCNCC(C)C(=O)NC1CCCCCC1O. The number of aliphatic hydroxyl groups excluding tert-OH is 1. The first-order valence-electron chi connectivity index (χ1n) is 6.84. The van der Waals surface area contributed by atoms with Gasteiger partial charge in [0, 0.05) is 12.5 Å². The van der Waals surface area contributed by atoms with Crippen molar-refractivity contribution in [1.29, 1.82) is 0 Å². The molecule has 0 heterocycles. The zero-order valence-electron chi connectivity index (χ0n) is 11.0. The molecule has 17 heavy (non-hydrogen) atoms. The zero-order valence-corrected chi connectivity index (χ0v) is 11.0. The number of amides is 1. The van der Waals surface area contributed by atoms with E-state index in [1.54, 1.807) is 0 Å². The number of nitrogens with one attached hydrogen (secondary N) is 2. The third-order valence-corrected chi connectivity index (χ3v) is 3.46. The van der Waals surface area contributed by atoms with E-state index in [9.17, 15) is 9.90 Å². The predicted octanol–water partition coefficient (Wildman–Crippen LogP) is 1.04. The Hall–Kier alpha value is -0.610. The molecule has 1 saturated carbocycles. The van der Waals surface area contributed by atoms with Crippen molar-refractivity contribution in [2.75, 3.05) is 13.1 Å². The third-order valence-electron chi connectivity index (χ3n) is 3.46. The van der Waals surface area contributed by atoms with Crippen molar-refractivity contribution in [3.63, 3.8) is 0 Å². The Morgan fingerprint density at radius 1 is 1.35 bits per heavy atom. The first kappa shape index (κ1) is 14.5. The van der Waals surface area contributed by atoms with Crippen molar-refractivity contribution < 1.29 is 9.90 Å². The summed E-state index contributed by atoms with van der Waals surface area (Å²) in [6.07, 6.45) is 4.68. The lowest BCUT2D eigenvalue weighted by molar-refractivity contribution is -0.126. The van der Waals surface area contributed by atoms with Crippen molar-refractivity contribution in [3.05, 3.63) is 0 Å². The van der Waals surface area contributed by atoms with Gasteiger partial charge in [-0.3, -0.25) is 4.79 Å². The van der Waals surface area contributed by atoms with Crippen LogP contribution in [0.25, 0.3) is 0 Å². The van der Waals surface area contributed by atoms with Crippen molar-refractivity contribution >= 4 is 5.91 Å². The van der Waals surface area contributed by atoms with Crippen molar-refractivity contribution in [3.8, 4) is 0 Å². The van der Waals surface area contributed by atoms with Gasteiger partial charge in [-0.2, -0.15) is 0 Å². The van der Waals surface area contributed by atoms with Gasteiger partial charge < -0.3 is 15.7 Å². The lowest BCUT2D eigenvalue weighted by Gasteiger charge is -2.23. The molecule has 4 nitrogen and oxygen atoms in total. The average Bonchev–Trinajstić information content (AvgIpc) is 2.52. The van der Waals surface area contributed by atoms with Gasteiger partial charge in [0.15, 0.2) is 0 Å². The van der Waals surface area contributed by atoms with Crippen LogP contribution in [0.15, 0.2) is 0 Å². The fourth-order valence-corrected chi connectivity index (χ4v) is 2.23. The molecule has 1 fully saturated rings. The first-order valence-corrected chi connectivity index (χ1v) is 6.84. The number of aliphatic hydroxyl groups is 1. The fraction of sp³-hybridized carbons (Fsp3) is 0.923. The molecule has 0 bridgehead atoms. The van der Waals surface area contributed by atoms with Gasteiger partial charge in [-0.05, 0) is 19.4 Å². The van der Waals surface area contributed by atoms with Gasteiger partial charge in [0.1, 0.15) is 0 Å². The maximum atomic E-state index is 11.9. The second-order valence-corrected chi connectivity index (χ2v) is 5.03. The van der Waals surface area contributed by atoms with E-state index in [-0.39, 0.29) is 24.0 Å². The average molecular weight is 242 g/mol. The normalized spacial score (nSPS) is 27.2. The molecule has 100 valence electrons. The van der Waals surface area contributed by atoms with E-state index < -0.39 is 0 Å². The van der Waals surface area contributed by atoms with Gasteiger partial charge in [0.25, 0.3) is 0 Å². The molecule has 0 aromatic carbocycles. The number of hydrogen-bond acceptors (Lipinski definition) is 3. The monoisotopic (exact) mass is 242 g/mol. The van der Waals surface area contributed by atoms with Gasteiger partial charge in [0.2, 0.25) is 5.91 Å². The first-order chi connectivity index (χ1) is 8.15. The molecule has 0 aromatic rings. The molecular formula is C13H26N2O2. The number of carbonyl (C=O) groups excluding carboxylic acids is 1. The topological polar surface area (TPSA) is 61.4 Å². The summed E-state index contributed by atoms with van der Waals surface area (Å²) in [5.74, 6) is 0.0160. The van der Waals surface area contributed by atoms with Crippen LogP contribution < -0.4 is 10.6 Å². The van der Waals surface area contributed by atoms with Crippen LogP contribution >= 0.6 is 0 Å². The van der Waals surface area contributed by atoms with Crippen LogP contribution in [-0.4, -0.2) is 36.2 Å². The summed E-state index contributed by atoms with van der Waals surface area (Å²) < 4.78 is 0. The minimum atomic E-state index is -0.368. The zero-order chi connectivity index (χ0) is 12.7. The molecule has 3 unspecified atom stereocenters. The molecule has 0 aliphatic heterocycles. The van der Waals surface area contributed by atoms with Crippen LogP contribution in [0, 0.1) is 5.92 Å². The van der Waals surface area contributed by atoms with E-state index >= 15 is 0 Å². The highest BCUT2D eigenvalue weighted by Crippen LogP contribution is 2.18. The Morgan fingerprint density at radius 3 is 2.76 bits per heavy atom. The number of rotatable bonds is 5. The van der Waals surface area contributed by atoms with Crippen LogP contribution in [0.2, 0.25) is 0 Å². The Labute approximate surface area is 104 Å². The molecule has 1 amide bonds. The lowest BCUT2D eigenvalue weighted by atomic mass is 10.0. The molecule has 0 spiro atoms. The maximum Gasteiger partial charge on any atom is 0.224 e. The summed E-state index contributed by atoms with van der Waals surface area (Å²) in [6.45, 7) is 5.52. The molecule has 0 saturated heterocycles. The van der Waals surface area contributed by atoms with Crippen LogP contribution in [0.4, 0.5) is 0 Å². The highest BCUT2D eigenvalue weighted by molar-refractivity contribution is 5.78. The molecule has 4 heteroatoms. The van der Waals surface area contributed by atoms with Crippen molar-refractivity contribution in [2.24, 2.45) is 5.92 Å². The smallest absolute Gasteiger partial charge is 0.224 e. The largest absolute Gasteiger partial charge is 0.391 e. The van der Waals surface area contributed by atoms with Crippen molar-refractivity contribution in [1.82, 2.24) is 10.6 Å². The van der Waals surface area contributed by atoms with Gasteiger partial charge in [0.05, 0.1) is 12.1 Å². The second kappa shape index (κ2) is 7.67. The van der Waals surface area contributed by atoms with E-state index in [1.165, 1.54) is 0 Å². The quantitative estimate of drug-likeness (QED) is 0.631. The van der Waals surface area contributed by atoms with Crippen LogP contribution in [0.5, 0.6) is 0 Å². The summed E-state index contributed by atoms with van der Waals surface area (Å²) in [5, 5.41) is 16.1. The lowest BCUT2D eigenvalue weighted by Crippen LogP contribution is -2.46. The molecule has 0 aromatic heterocycles. The van der Waals surface area contributed by atoms with E-state index in [2.05, 4.69) is 10.6 Å². The van der Waals surface area contributed by atoms with Gasteiger partial charge in [-0.25, -0.2) is 0 Å². The summed E-state index contributed by atoms with van der Waals surface area (Å²) in [7, 11) is 0. The molecule has 0 radical (unpaired) electrons. The maximum absolute atomic E-state index is 11.9. The van der Waals surface area contributed by atoms with E-state index in [0.29, 0.717) is 6.54 Å². The van der Waals surface area contributed by atoms with Crippen molar-refractivity contribution in [2.45, 2.75) is 58.1 Å². The van der Waals surface area contributed by atoms with E-state index in [1.807, 2.05) is 13.8 Å².